The van der Waals surface area contributed by atoms with Crippen LogP contribution < -0.4 is 0 Å². The van der Waals surface area contributed by atoms with Crippen molar-refractivity contribution in [1.82, 2.24) is 9.80 Å². The highest BCUT2D eigenvalue weighted by molar-refractivity contribution is 6.42. The Kier molecular flexibility index (Phi) is 8.04. The molecule has 0 aliphatic heterocycles. The molecule has 0 bridgehead atoms. The molecule has 2 aromatic carbocycles. The number of carbonyl (C=O) groups is 2. The molecule has 0 spiro atoms. The summed E-state index contributed by atoms with van der Waals surface area (Å²) < 4.78 is 20.9. The summed E-state index contributed by atoms with van der Waals surface area (Å²) in [5, 5.41) is 0.745. The number of nitrogens with zero attached hydrogens (tertiary/aromatic N) is 2. The van der Waals surface area contributed by atoms with Crippen molar-refractivity contribution in [3.63, 3.8) is 0 Å². The molecule has 5 nitrogen and oxygen atoms in total. The lowest BCUT2D eigenvalue weighted by Crippen LogP contribution is -2.43. The van der Waals surface area contributed by atoms with Gasteiger partial charge in [-0.05, 0) is 55.8 Å². The second kappa shape index (κ2) is 10.4. The number of rotatable bonds is 9. The van der Waals surface area contributed by atoms with Crippen molar-refractivity contribution in [2.24, 2.45) is 0 Å². The van der Waals surface area contributed by atoms with Crippen LogP contribution in [0, 0.1) is 5.82 Å². The van der Waals surface area contributed by atoms with Crippen molar-refractivity contribution in [2.75, 3.05) is 33.7 Å². The Morgan fingerprint density at radius 3 is 2.33 bits per heavy atom. The first-order valence-corrected chi connectivity index (χ1v) is 11.7. The Balaban J connectivity index is 1.80. The minimum atomic E-state index is -0.852. The first-order valence-electron chi connectivity index (χ1n) is 10.9. The van der Waals surface area contributed by atoms with E-state index in [0.29, 0.717) is 52.7 Å². The molecule has 8 heteroatoms. The second-order valence-corrected chi connectivity index (χ2v) is 9.50. The van der Waals surface area contributed by atoms with E-state index < -0.39 is 17.3 Å². The summed E-state index contributed by atoms with van der Waals surface area (Å²) in [6.45, 7) is 5.06. The fourth-order valence-electron chi connectivity index (χ4n) is 3.75. The minimum Gasteiger partial charge on any atom is -0.458 e. The molecule has 2 aromatic rings. The maximum atomic E-state index is 15.1. The van der Waals surface area contributed by atoms with Crippen molar-refractivity contribution in [3.8, 4) is 11.1 Å². The number of halogens is 3. The van der Waals surface area contributed by atoms with Gasteiger partial charge in [0.15, 0.2) is 0 Å². The summed E-state index contributed by atoms with van der Waals surface area (Å²) in [5.74, 6) is -0.921. The normalized spacial score (nSPS) is 15.3. The monoisotopic (exact) mass is 494 g/mol. The lowest BCUT2D eigenvalue weighted by molar-refractivity contribution is -0.155. The first-order chi connectivity index (χ1) is 15.6. The number of hydrogen-bond donors (Lipinski definition) is 0. The third-order valence-corrected chi connectivity index (χ3v) is 6.98. The van der Waals surface area contributed by atoms with Crippen molar-refractivity contribution in [2.45, 2.75) is 38.2 Å². The molecule has 1 unspecified atom stereocenters. The van der Waals surface area contributed by atoms with E-state index in [1.165, 1.54) is 17.9 Å². The lowest BCUT2D eigenvalue weighted by atomic mass is 9.93. The van der Waals surface area contributed by atoms with Gasteiger partial charge < -0.3 is 14.5 Å². The van der Waals surface area contributed by atoms with Gasteiger partial charge in [-0.15, -0.1) is 0 Å². The van der Waals surface area contributed by atoms with Crippen LogP contribution >= 0.6 is 23.2 Å². The number of ether oxygens (including phenoxy) is 1. The number of esters is 1. The summed E-state index contributed by atoms with van der Waals surface area (Å²) in [4.78, 5) is 28.5. The van der Waals surface area contributed by atoms with Gasteiger partial charge in [0, 0.05) is 26.1 Å². The van der Waals surface area contributed by atoms with E-state index in [-0.39, 0.29) is 11.9 Å². The topological polar surface area (TPSA) is 49.9 Å². The molecular formula is C25H29Cl2FN2O3. The molecule has 0 heterocycles. The van der Waals surface area contributed by atoms with E-state index in [4.69, 9.17) is 27.9 Å². The van der Waals surface area contributed by atoms with Gasteiger partial charge in [-0.1, -0.05) is 48.3 Å². The summed E-state index contributed by atoms with van der Waals surface area (Å²) in [7, 11) is 3.61. The smallest absolute Gasteiger partial charge is 0.316 e. The maximum Gasteiger partial charge on any atom is 0.316 e. The third kappa shape index (κ3) is 5.86. The molecule has 1 aliphatic rings. The Bertz CT molecular complexity index is 1040. The Labute approximate surface area is 204 Å². The van der Waals surface area contributed by atoms with Crippen LogP contribution in [0.25, 0.3) is 11.1 Å². The lowest BCUT2D eigenvalue weighted by Gasteiger charge is -2.28. The molecule has 1 aliphatic carbocycles. The predicted octanol–water partition coefficient (Wildman–Crippen LogP) is 5.17. The number of benzene rings is 2. The summed E-state index contributed by atoms with van der Waals surface area (Å²) >= 11 is 12.0. The van der Waals surface area contributed by atoms with Gasteiger partial charge >= 0.3 is 5.97 Å². The van der Waals surface area contributed by atoms with Crippen LogP contribution in [0.1, 0.15) is 32.3 Å². The maximum absolute atomic E-state index is 15.1. The molecule has 0 saturated heterocycles. The Morgan fingerprint density at radius 1 is 1.09 bits per heavy atom. The number of hydrogen-bond acceptors (Lipinski definition) is 4. The zero-order chi connectivity index (χ0) is 24.3. The molecule has 3 rings (SSSR count). The quantitative estimate of drug-likeness (QED) is 0.451. The zero-order valence-electron chi connectivity index (χ0n) is 19.3. The fourth-order valence-corrected chi connectivity index (χ4v) is 4.05. The highest BCUT2D eigenvalue weighted by Crippen LogP contribution is 2.50. The first kappa shape index (κ1) is 25.5. The van der Waals surface area contributed by atoms with Gasteiger partial charge in [0.25, 0.3) is 0 Å². The Hall–Kier alpha value is -2.15. The SMILES string of the molecule is CCN(C)CC(CN(C)C(C)=O)OC(=O)C1(c2ccc(-c3ccc(Cl)c(Cl)c3)c(F)c2)CC1. The van der Waals surface area contributed by atoms with E-state index in [1.807, 2.05) is 18.9 Å². The van der Waals surface area contributed by atoms with Crippen LogP contribution in [0.5, 0.6) is 0 Å². The highest BCUT2D eigenvalue weighted by atomic mass is 35.5. The van der Waals surface area contributed by atoms with Crippen molar-refractivity contribution < 1.29 is 18.7 Å². The average molecular weight is 495 g/mol. The molecule has 1 atom stereocenters. The highest BCUT2D eigenvalue weighted by Gasteiger charge is 2.53. The van der Waals surface area contributed by atoms with Gasteiger partial charge in [-0.25, -0.2) is 4.39 Å². The Morgan fingerprint density at radius 2 is 1.79 bits per heavy atom. The summed E-state index contributed by atoms with van der Waals surface area (Å²) in [6.07, 6.45) is 0.709. The van der Waals surface area contributed by atoms with E-state index in [2.05, 4.69) is 0 Å². The van der Waals surface area contributed by atoms with Crippen LogP contribution in [0.2, 0.25) is 10.0 Å². The van der Waals surface area contributed by atoms with Gasteiger partial charge in [-0.2, -0.15) is 0 Å². The van der Waals surface area contributed by atoms with E-state index in [0.717, 1.165) is 6.54 Å². The number of likely N-dealkylation sites (N-methyl/N-ethyl adjacent to an activating group) is 2. The molecular weight excluding hydrogens is 466 g/mol. The standard InChI is InChI=1S/C25H29Cl2FN2O3/c1-5-29(3)14-19(15-30(4)16(2)31)33-24(32)25(10-11-25)18-7-8-20(23(28)13-18)17-6-9-21(26)22(27)12-17/h6-9,12-13,19H,5,10-11,14-15H2,1-4H3. The van der Waals surface area contributed by atoms with Crippen LogP contribution in [-0.2, 0) is 19.7 Å². The van der Waals surface area contributed by atoms with E-state index in [9.17, 15) is 9.59 Å². The van der Waals surface area contributed by atoms with E-state index in [1.54, 1.807) is 37.4 Å². The van der Waals surface area contributed by atoms with Crippen molar-refractivity contribution >= 4 is 35.1 Å². The van der Waals surface area contributed by atoms with Crippen molar-refractivity contribution in [3.05, 3.63) is 57.8 Å². The predicted molar refractivity (Wildman–Crippen MR) is 129 cm³/mol. The molecule has 1 fully saturated rings. The third-order valence-electron chi connectivity index (χ3n) is 6.24. The van der Waals surface area contributed by atoms with Gasteiger partial charge in [0.05, 0.1) is 22.0 Å². The molecule has 0 radical (unpaired) electrons. The largest absolute Gasteiger partial charge is 0.458 e. The van der Waals surface area contributed by atoms with Crippen LogP contribution in [0.4, 0.5) is 4.39 Å². The zero-order valence-corrected chi connectivity index (χ0v) is 20.8. The molecule has 33 heavy (non-hydrogen) atoms. The van der Waals surface area contributed by atoms with Gasteiger partial charge in [-0.3, -0.25) is 9.59 Å². The molecule has 178 valence electrons. The van der Waals surface area contributed by atoms with Crippen LogP contribution in [0.15, 0.2) is 36.4 Å². The van der Waals surface area contributed by atoms with E-state index >= 15 is 4.39 Å². The summed E-state index contributed by atoms with van der Waals surface area (Å²) in [5.41, 5.74) is 0.730. The van der Waals surface area contributed by atoms with Gasteiger partial charge in [0.1, 0.15) is 11.9 Å². The average Bonchev–Trinajstić information content (AvgIpc) is 3.57. The molecule has 1 saturated carbocycles. The molecule has 0 aromatic heterocycles. The minimum absolute atomic E-state index is 0.101. The van der Waals surface area contributed by atoms with Gasteiger partial charge in [0.2, 0.25) is 5.91 Å². The molecule has 0 N–H and O–H groups in total. The fraction of sp³-hybridized carbons (Fsp3) is 0.440. The van der Waals surface area contributed by atoms with Crippen LogP contribution in [0.3, 0.4) is 0 Å². The summed E-state index contributed by atoms with van der Waals surface area (Å²) in [6, 6.07) is 9.77. The van der Waals surface area contributed by atoms with Crippen LogP contribution in [-0.4, -0.2) is 61.5 Å². The second-order valence-electron chi connectivity index (χ2n) is 8.69. The molecule has 1 amide bonds. The number of carbonyl (C=O) groups excluding carboxylic acids is 2. The number of amides is 1. The van der Waals surface area contributed by atoms with Crippen molar-refractivity contribution in [1.29, 1.82) is 0 Å².